The number of hydrogen-bond acceptors (Lipinski definition) is 4. The number of nitrogens with zero attached hydrogens (tertiary/aromatic N) is 1. The molecule has 1 atom stereocenters. The van der Waals surface area contributed by atoms with Crippen molar-refractivity contribution < 1.29 is 23.5 Å². The number of amides is 1. The largest absolute Gasteiger partial charge is 0.481 e. The van der Waals surface area contributed by atoms with Crippen LogP contribution in [0.1, 0.15) is 34.2 Å². The summed E-state index contributed by atoms with van der Waals surface area (Å²) in [5.41, 5.74) is 6.89. The molecule has 0 aliphatic carbocycles. The quantitative estimate of drug-likeness (QED) is 0.707. The van der Waals surface area contributed by atoms with Crippen LogP contribution in [0, 0.1) is 5.82 Å². The normalized spacial score (nSPS) is 11.9. The number of carbonyl (C=O) groups is 2. The van der Waals surface area contributed by atoms with Gasteiger partial charge in [-0.15, -0.1) is 0 Å². The van der Waals surface area contributed by atoms with Crippen molar-refractivity contribution in [3.05, 3.63) is 77.8 Å². The maximum Gasteiger partial charge on any atom is 0.304 e. The van der Waals surface area contributed by atoms with Crippen LogP contribution in [0.3, 0.4) is 0 Å². The van der Waals surface area contributed by atoms with Crippen molar-refractivity contribution >= 4 is 11.9 Å². The van der Waals surface area contributed by atoms with Crippen molar-refractivity contribution in [1.82, 2.24) is 4.98 Å². The molecule has 26 heavy (non-hydrogen) atoms. The van der Waals surface area contributed by atoms with E-state index in [2.05, 4.69) is 4.98 Å². The minimum absolute atomic E-state index is 0.173. The van der Waals surface area contributed by atoms with Gasteiger partial charge in [0.1, 0.15) is 12.1 Å². The molecule has 132 valence electrons. The minimum atomic E-state index is -1.07. The molecule has 0 fully saturated rings. The van der Waals surface area contributed by atoms with E-state index in [9.17, 15) is 19.1 Å². The second-order valence-electron chi connectivity index (χ2n) is 5.70. The fourth-order valence-corrected chi connectivity index (χ4v) is 2.85. The van der Waals surface area contributed by atoms with Crippen molar-refractivity contribution in [3.63, 3.8) is 0 Å². The van der Waals surface area contributed by atoms with E-state index in [-0.39, 0.29) is 17.9 Å². The van der Waals surface area contributed by atoms with E-state index >= 15 is 0 Å². The van der Waals surface area contributed by atoms with Crippen molar-refractivity contribution in [3.8, 4) is 11.1 Å². The maximum atomic E-state index is 14.3. The summed E-state index contributed by atoms with van der Waals surface area (Å²) in [4.78, 5) is 26.9. The number of primary amides is 1. The Morgan fingerprint density at radius 1 is 1.23 bits per heavy atom. The van der Waals surface area contributed by atoms with E-state index in [1.54, 1.807) is 30.3 Å². The first kappa shape index (κ1) is 17.3. The van der Waals surface area contributed by atoms with E-state index < -0.39 is 23.6 Å². The second-order valence-corrected chi connectivity index (χ2v) is 5.70. The number of oxazole rings is 1. The molecule has 7 heteroatoms. The van der Waals surface area contributed by atoms with Crippen LogP contribution in [0.2, 0.25) is 0 Å². The van der Waals surface area contributed by atoms with Crippen molar-refractivity contribution in [2.24, 2.45) is 5.73 Å². The maximum absolute atomic E-state index is 14.3. The zero-order valence-corrected chi connectivity index (χ0v) is 13.6. The molecule has 0 aliphatic heterocycles. The van der Waals surface area contributed by atoms with Gasteiger partial charge in [0.25, 0.3) is 0 Å². The molecule has 1 aromatic heterocycles. The Hall–Kier alpha value is -3.48. The number of carboxylic acids is 1. The summed E-state index contributed by atoms with van der Waals surface area (Å²) in [5.74, 6) is -2.87. The van der Waals surface area contributed by atoms with Gasteiger partial charge in [0.2, 0.25) is 11.8 Å². The summed E-state index contributed by atoms with van der Waals surface area (Å²) in [6.45, 7) is 0. The molecule has 0 aliphatic rings. The number of aromatic nitrogens is 1. The van der Waals surface area contributed by atoms with Gasteiger partial charge >= 0.3 is 5.97 Å². The molecule has 0 radical (unpaired) electrons. The predicted octanol–water partition coefficient (Wildman–Crippen LogP) is 3.19. The average Bonchev–Trinajstić information content (AvgIpc) is 3.13. The van der Waals surface area contributed by atoms with Gasteiger partial charge in [0, 0.05) is 5.56 Å². The summed E-state index contributed by atoms with van der Waals surface area (Å²) in [6, 6.07) is 10.7. The first-order valence-corrected chi connectivity index (χ1v) is 7.76. The highest BCUT2D eigenvalue weighted by molar-refractivity contribution is 5.99. The number of halogens is 1. The molecule has 2 aromatic carbocycles. The number of rotatable bonds is 6. The summed E-state index contributed by atoms with van der Waals surface area (Å²) >= 11 is 0. The van der Waals surface area contributed by atoms with Crippen molar-refractivity contribution in [2.75, 3.05) is 0 Å². The third-order valence-corrected chi connectivity index (χ3v) is 3.95. The zero-order valence-electron chi connectivity index (χ0n) is 13.6. The SMILES string of the molecule is NC(=O)c1ccccc1-c1cc(F)cc(C(CC(=O)O)c2ncco2)c1. The van der Waals surface area contributed by atoms with Gasteiger partial charge in [0.15, 0.2) is 0 Å². The molecule has 3 rings (SSSR count). The van der Waals surface area contributed by atoms with Crippen LogP contribution < -0.4 is 5.73 Å². The summed E-state index contributed by atoms with van der Waals surface area (Å²) in [7, 11) is 0. The first-order valence-electron chi connectivity index (χ1n) is 7.76. The third-order valence-electron chi connectivity index (χ3n) is 3.95. The van der Waals surface area contributed by atoms with Crippen LogP contribution in [0.5, 0.6) is 0 Å². The number of carboxylic acid groups (broad SMARTS) is 1. The first-order chi connectivity index (χ1) is 12.5. The van der Waals surface area contributed by atoms with Gasteiger partial charge in [-0.1, -0.05) is 24.3 Å². The van der Waals surface area contributed by atoms with Gasteiger partial charge in [0.05, 0.1) is 18.5 Å². The Kier molecular flexibility index (Phi) is 4.79. The molecule has 0 bridgehead atoms. The molecule has 1 amide bonds. The van der Waals surface area contributed by atoms with Gasteiger partial charge in [-0.2, -0.15) is 0 Å². The van der Waals surface area contributed by atoms with Crippen LogP contribution >= 0.6 is 0 Å². The number of carbonyl (C=O) groups excluding carboxylic acids is 1. The highest BCUT2D eigenvalue weighted by Crippen LogP contribution is 2.32. The van der Waals surface area contributed by atoms with E-state index in [0.717, 1.165) is 0 Å². The van der Waals surface area contributed by atoms with Crippen molar-refractivity contribution in [1.29, 1.82) is 0 Å². The average molecular weight is 354 g/mol. The molecule has 1 heterocycles. The molecule has 6 nitrogen and oxygen atoms in total. The monoisotopic (exact) mass is 354 g/mol. The van der Waals surface area contributed by atoms with E-state index in [1.807, 2.05) is 0 Å². The van der Waals surface area contributed by atoms with E-state index in [0.29, 0.717) is 16.7 Å². The van der Waals surface area contributed by atoms with Crippen molar-refractivity contribution in [2.45, 2.75) is 12.3 Å². The highest BCUT2D eigenvalue weighted by atomic mass is 19.1. The Morgan fingerprint density at radius 2 is 2.00 bits per heavy atom. The van der Waals surface area contributed by atoms with Gasteiger partial charge in [-0.25, -0.2) is 9.37 Å². The van der Waals surface area contributed by atoms with E-state index in [1.165, 1.54) is 24.6 Å². The third kappa shape index (κ3) is 3.61. The van der Waals surface area contributed by atoms with Gasteiger partial charge in [-0.05, 0) is 34.9 Å². The lowest BCUT2D eigenvalue weighted by Gasteiger charge is -2.15. The standard InChI is InChI=1S/C19H15FN2O4/c20-13-8-11(14-3-1-2-4-15(14)18(21)25)7-12(9-13)16(10-17(23)24)19-22-5-6-26-19/h1-9,16H,10H2,(H2,21,25)(H,23,24). The Balaban J connectivity index is 2.13. The highest BCUT2D eigenvalue weighted by Gasteiger charge is 2.23. The fourth-order valence-electron chi connectivity index (χ4n) is 2.85. The van der Waals surface area contributed by atoms with Crippen LogP contribution in [-0.4, -0.2) is 22.0 Å². The summed E-state index contributed by atoms with van der Waals surface area (Å²) < 4.78 is 19.5. The molecule has 3 aromatic rings. The number of aliphatic carboxylic acids is 1. The summed E-state index contributed by atoms with van der Waals surface area (Å²) in [5, 5.41) is 9.19. The zero-order chi connectivity index (χ0) is 18.7. The topological polar surface area (TPSA) is 106 Å². The molecule has 0 saturated heterocycles. The molecular weight excluding hydrogens is 339 g/mol. The van der Waals surface area contributed by atoms with Gasteiger partial charge in [-0.3, -0.25) is 9.59 Å². The lowest BCUT2D eigenvalue weighted by molar-refractivity contribution is -0.137. The van der Waals surface area contributed by atoms with E-state index in [4.69, 9.17) is 10.2 Å². The predicted molar refractivity (Wildman–Crippen MR) is 91.0 cm³/mol. The second kappa shape index (κ2) is 7.18. The smallest absolute Gasteiger partial charge is 0.304 e. The Morgan fingerprint density at radius 3 is 2.65 bits per heavy atom. The molecular formula is C19H15FN2O4. The molecule has 0 spiro atoms. The van der Waals surface area contributed by atoms with Crippen LogP contribution in [0.4, 0.5) is 4.39 Å². The summed E-state index contributed by atoms with van der Waals surface area (Å²) in [6.07, 6.45) is 2.40. The molecule has 0 saturated carbocycles. The minimum Gasteiger partial charge on any atom is -0.481 e. The number of hydrogen-bond donors (Lipinski definition) is 2. The number of nitrogens with two attached hydrogens (primary N) is 1. The van der Waals surface area contributed by atoms with Crippen LogP contribution in [0.25, 0.3) is 11.1 Å². The van der Waals surface area contributed by atoms with Crippen LogP contribution in [0.15, 0.2) is 59.3 Å². The van der Waals surface area contributed by atoms with Crippen LogP contribution in [-0.2, 0) is 4.79 Å². The Bertz CT molecular complexity index is 954. The molecule has 1 unspecified atom stereocenters. The fraction of sp³-hybridized carbons (Fsp3) is 0.105. The lowest BCUT2D eigenvalue weighted by atomic mass is 9.91. The lowest BCUT2D eigenvalue weighted by Crippen LogP contribution is -2.12. The number of benzene rings is 2. The Labute approximate surface area is 148 Å². The molecule has 3 N–H and O–H groups in total. The van der Waals surface area contributed by atoms with Gasteiger partial charge < -0.3 is 15.3 Å².